The Bertz CT molecular complexity index is 224. The SMILES string of the molecule is O=C(O)NS(=O)(=O)CCCCl. The molecule has 0 unspecified atom stereocenters. The first-order valence-electron chi connectivity index (χ1n) is 2.77. The van der Waals surface area contributed by atoms with Crippen LogP contribution in [0.15, 0.2) is 0 Å². The predicted octanol–water partition coefficient (Wildman–Crippen LogP) is 0.213. The van der Waals surface area contributed by atoms with Crippen molar-refractivity contribution in [3.63, 3.8) is 0 Å². The molecule has 0 bridgehead atoms. The van der Waals surface area contributed by atoms with E-state index < -0.39 is 16.1 Å². The first-order chi connectivity index (χ1) is 4.98. The highest BCUT2D eigenvalue weighted by atomic mass is 35.5. The molecule has 5 nitrogen and oxygen atoms in total. The minimum Gasteiger partial charge on any atom is -0.464 e. The quantitative estimate of drug-likeness (QED) is 0.637. The van der Waals surface area contributed by atoms with Gasteiger partial charge in [0.15, 0.2) is 0 Å². The summed E-state index contributed by atoms with van der Waals surface area (Å²) in [4.78, 5) is 9.85. The predicted molar refractivity (Wildman–Crippen MR) is 40.3 cm³/mol. The lowest BCUT2D eigenvalue weighted by atomic mass is 10.6. The Balaban J connectivity index is 3.92. The maximum absolute atomic E-state index is 10.6. The average molecular weight is 202 g/mol. The normalized spacial score (nSPS) is 11.0. The monoisotopic (exact) mass is 201 g/mol. The van der Waals surface area contributed by atoms with E-state index >= 15 is 0 Å². The third-order valence-corrected chi connectivity index (χ3v) is 2.37. The van der Waals surface area contributed by atoms with Gasteiger partial charge in [-0.2, -0.15) is 0 Å². The molecule has 0 aromatic heterocycles. The Morgan fingerprint density at radius 3 is 2.45 bits per heavy atom. The van der Waals surface area contributed by atoms with E-state index in [2.05, 4.69) is 0 Å². The number of amides is 1. The van der Waals surface area contributed by atoms with E-state index in [0.29, 0.717) is 0 Å². The minimum atomic E-state index is -3.68. The Morgan fingerprint density at radius 2 is 2.09 bits per heavy atom. The molecule has 0 aliphatic rings. The molecule has 0 fully saturated rings. The van der Waals surface area contributed by atoms with Gasteiger partial charge < -0.3 is 5.11 Å². The number of carbonyl (C=O) groups is 1. The molecule has 0 heterocycles. The Kier molecular flexibility index (Phi) is 4.20. The Morgan fingerprint density at radius 1 is 1.55 bits per heavy atom. The summed E-state index contributed by atoms with van der Waals surface area (Å²) in [5.41, 5.74) is 0. The van der Waals surface area contributed by atoms with Crippen molar-refractivity contribution in [2.45, 2.75) is 6.42 Å². The van der Waals surface area contributed by atoms with Crippen LogP contribution in [0.1, 0.15) is 6.42 Å². The molecule has 1 amide bonds. The van der Waals surface area contributed by atoms with Crippen molar-refractivity contribution in [1.82, 2.24) is 4.72 Å². The molecule has 0 rings (SSSR count). The molecule has 0 aliphatic carbocycles. The van der Waals surface area contributed by atoms with E-state index in [9.17, 15) is 13.2 Å². The molecule has 11 heavy (non-hydrogen) atoms. The number of halogens is 1. The summed E-state index contributed by atoms with van der Waals surface area (Å²) in [6.45, 7) is 0. The van der Waals surface area contributed by atoms with Crippen molar-refractivity contribution >= 4 is 27.7 Å². The van der Waals surface area contributed by atoms with E-state index in [-0.39, 0.29) is 18.1 Å². The van der Waals surface area contributed by atoms with E-state index in [1.54, 1.807) is 0 Å². The number of rotatable bonds is 4. The Labute approximate surface area is 69.4 Å². The zero-order chi connectivity index (χ0) is 8.91. The maximum Gasteiger partial charge on any atom is 0.418 e. The minimum absolute atomic E-state index is 0.195. The third-order valence-electron chi connectivity index (χ3n) is 0.790. The van der Waals surface area contributed by atoms with Gasteiger partial charge in [-0.25, -0.2) is 17.9 Å². The highest BCUT2D eigenvalue weighted by molar-refractivity contribution is 7.90. The van der Waals surface area contributed by atoms with Crippen LogP contribution in [0.25, 0.3) is 0 Å². The molecular weight excluding hydrogens is 194 g/mol. The second-order valence-corrected chi connectivity index (χ2v) is 3.99. The van der Waals surface area contributed by atoms with Gasteiger partial charge in [0.25, 0.3) is 0 Å². The van der Waals surface area contributed by atoms with E-state index in [1.165, 1.54) is 4.72 Å². The van der Waals surface area contributed by atoms with Gasteiger partial charge in [-0.15, -0.1) is 11.6 Å². The summed E-state index contributed by atoms with van der Waals surface area (Å²) in [6.07, 6.45) is -1.33. The average Bonchev–Trinajstić information content (AvgIpc) is 1.81. The van der Waals surface area contributed by atoms with Crippen LogP contribution < -0.4 is 4.72 Å². The summed E-state index contributed by atoms with van der Waals surface area (Å²) in [7, 11) is -3.68. The van der Waals surface area contributed by atoms with Gasteiger partial charge in [-0.3, -0.25) is 0 Å². The van der Waals surface area contributed by atoms with E-state index in [0.717, 1.165) is 0 Å². The van der Waals surface area contributed by atoms with Gasteiger partial charge in [-0.05, 0) is 6.42 Å². The lowest BCUT2D eigenvalue weighted by Gasteiger charge is -2.00. The highest BCUT2D eigenvalue weighted by Crippen LogP contribution is 1.91. The smallest absolute Gasteiger partial charge is 0.418 e. The number of carboxylic acid groups (broad SMARTS) is 1. The van der Waals surface area contributed by atoms with Gasteiger partial charge >= 0.3 is 6.09 Å². The van der Waals surface area contributed by atoms with Crippen LogP contribution >= 0.6 is 11.6 Å². The summed E-state index contributed by atoms with van der Waals surface area (Å²) in [5.74, 6) is -0.0661. The summed E-state index contributed by atoms with van der Waals surface area (Å²) in [5, 5.41) is 8.03. The largest absolute Gasteiger partial charge is 0.464 e. The number of nitrogens with one attached hydrogen (secondary N) is 1. The van der Waals surface area contributed by atoms with E-state index in [4.69, 9.17) is 16.7 Å². The number of hydrogen-bond acceptors (Lipinski definition) is 3. The van der Waals surface area contributed by atoms with Crippen LogP contribution in [0.5, 0.6) is 0 Å². The van der Waals surface area contributed by atoms with Crippen LogP contribution in [0, 0.1) is 0 Å². The van der Waals surface area contributed by atoms with Gasteiger partial charge in [0.2, 0.25) is 10.0 Å². The molecule has 7 heteroatoms. The molecule has 0 atom stereocenters. The fourth-order valence-electron chi connectivity index (χ4n) is 0.429. The third kappa shape index (κ3) is 5.93. The number of alkyl halides is 1. The standard InChI is InChI=1S/C4H8ClNO4S/c5-2-1-3-11(9,10)6-4(7)8/h6H,1-3H2,(H,7,8). The van der Waals surface area contributed by atoms with Crippen LogP contribution in [-0.4, -0.2) is 31.3 Å². The maximum atomic E-state index is 10.6. The van der Waals surface area contributed by atoms with E-state index in [1.807, 2.05) is 0 Å². The zero-order valence-corrected chi connectivity index (χ0v) is 7.15. The molecular formula is C4H8ClNO4S. The number of hydrogen-bond donors (Lipinski definition) is 2. The van der Waals surface area contributed by atoms with Crippen molar-refractivity contribution in [2.75, 3.05) is 11.6 Å². The molecule has 66 valence electrons. The van der Waals surface area contributed by atoms with Crippen LogP contribution in [0.4, 0.5) is 4.79 Å². The summed E-state index contributed by atoms with van der Waals surface area (Å²) >= 11 is 5.20. The fourth-order valence-corrected chi connectivity index (χ4v) is 1.61. The zero-order valence-electron chi connectivity index (χ0n) is 5.58. The first-order valence-corrected chi connectivity index (χ1v) is 4.96. The lowest BCUT2D eigenvalue weighted by Crippen LogP contribution is -2.31. The number of sulfonamides is 1. The molecule has 2 N–H and O–H groups in total. The molecule has 0 aromatic carbocycles. The molecule has 0 aromatic rings. The second-order valence-electron chi connectivity index (χ2n) is 1.77. The van der Waals surface area contributed by atoms with Gasteiger partial charge in [-0.1, -0.05) is 0 Å². The molecule has 0 spiro atoms. The van der Waals surface area contributed by atoms with Crippen molar-refractivity contribution < 1.29 is 18.3 Å². The topological polar surface area (TPSA) is 83.5 Å². The summed E-state index contributed by atoms with van der Waals surface area (Å²) in [6, 6.07) is 0. The van der Waals surface area contributed by atoms with Crippen molar-refractivity contribution in [2.24, 2.45) is 0 Å². The Hall–Kier alpha value is -0.490. The van der Waals surface area contributed by atoms with Crippen molar-refractivity contribution in [3.8, 4) is 0 Å². The summed E-state index contributed by atoms with van der Waals surface area (Å²) < 4.78 is 22.7. The molecule has 0 saturated heterocycles. The van der Waals surface area contributed by atoms with Crippen LogP contribution in [0.2, 0.25) is 0 Å². The van der Waals surface area contributed by atoms with Gasteiger partial charge in [0.05, 0.1) is 5.75 Å². The van der Waals surface area contributed by atoms with Gasteiger partial charge in [0, 0.05) is 5.88 Å². The van der Waals surface area contributed by atoms with Crippen molar-refractivity contribution in [3.05, 3.63) is 0 Å². The van der Waals surface area contributed by atoms with Crippen LogP contribution in [0.3, 0.4) is 0 Å². The van der Waals surface area contributed by atoms with Crippen molar-refractivity contribution in [1.29, 1.82) is 0 Å². The second kappa shape index (κ2) is 4.40. The molecule has 0 radical (unpaired) electrons. The molecule has 0 aliphatic heterocycles. The molecule has 0 saturated carbocycles. The first kappa shape index (κ1) is 10.5. The fraction of sp³-hybridized carbons (Fsp3) is 0.750. The van der Waals surface area contributed by atoms with Gasteiger partial charge in [0.1, 0.15) is 0 Å². The highest BCUT2D eigenvalue weighted by Gasteiger charge is 2.11. The van der Waals surface area contributed by atoms with Crippen LogP contribution in [-0.2, 0) is 10.0 Å². The lowest BCUT2D eigenvalue weighted by molar-refractivity contribution is 0.201.